The lowest BCUT2D eigenvalue weighted by Crippen LogP contribution is -2.12. The molecule has 1 heterocycles. The van der Waals surface area contributed by atoms with E-state index in [0.29, 0.717) is 5.01 Å². The second-order valence-electron chi connectivity index (χ2n) is 5.57. The Hall–Kier alpha value is -1.27. The molecule has 108 valence electrons. The Labute approximate surface area is 122 Å². The molecule has 0 spiro atoms. The van der Waals surface area contributed by atoms with E-state index in [9.17, 15) is 12.8 Å². The molecule has 0 saturated carbocycles. The molecular formula is C14H16FNO2S2. The number of thiazole rings is 1. The smallest absolute Gasteiger partial charge is 0.187 e. The molecular weight excluding hydrogens is 297 g/mol. The first-order chi connectivity index (χ1) is 9.20. The van der Waals surface area contributed by atoms with Gasteiger partial charge in [-0.25, -0.2) is 17.8 Å². The van der Waals surface area contributed by atoms with Crippen LogP contribution >= 0.6 is 11.3 Å². The van der Waals surface area contributed by atoms with Gasteiger partial charge in [0.1, 0.15) is 21.5 Å². The van der Waals surface area contributed by atoms with Crippen molar-refractivity contribution in [3.8, 4) is 0 Å². The zero-order valence-electron chi connectivity index (χ0n) is 11.6. The van der Waals surface area contributed by atoms with E-state index in [1.807, 2.05) is 26.2 Å². The minimum Gasteiger partial charge on any atom is -0.245 e. The van der Waals surface area contributed by atoms with E-state index < -0.39 is 15.7 Å². The topological polar surface area (TPSA) is 47.0 Å². The van der Waals surface area contributed by atoms with Crippen molar-refractivity contribution in [3.63, 3.8) is 0 Å². The average molecular weight is 313 g/mol. The van der Waals surface area contributed by atoms with Gasteiger partial charge in [0, 0.05) is 10.8 Å². The summed E-state index contributed by atoms with van der Waals surface area (Å²) >= 11 is 1.29. The molecule has 1 aromatic carbocycles. The second-order valence-corrected chi connectivity index (χ2v) is 8.47. The lowest BCUT2D eigenvalue weighted by atomic mass is 9.93. The molecule has 2 rings (SSSR count). The molecule has 0 saturated heterocycles. The van der Waals surface area contributed by atoms with Crippen molar-refractivity contribution >= 4 is 21.2 Å². The van der Waals surface area contributed by atoms with Crippen LogP contribution in [-0.4, -0.2) is 13.4 Å². The third kappa shape index (κ3) is 3.24. The van der Waals surface area contributed by atoms with Gasteiger partial charge in [-0.15, -0.1) is 11.3 Å². The Kier molecular flexibility index (Phi) is 3.97. The van der Waals surface area contributed by atoms with Crippen LogP contribution in [0.15, 0.2) is 34.5 Å². The molecule has 1 aromatic heterocycles. The van der Waals surface area contributed by atoms with Gasteiger partial charge < -0.3 is 0 Å². The van der Waals surface area contributed by atoms with E-state index in [1.54, 1.807) is 0 Å². The Morgan fingerprint density at radius 2 is 1.90 bits per heavy atom. The van der Waals surface area contributed by atoms with Crippen LogP contribution in [0.25, 0.3) is 0 Å². The summed E-state index contributed by atoms with van der Waals surface area (Å²) in [5.74, 6) is -0.991. The summed E-state index contributed by atoms with van der Waals surface area (Å²) in [6.45, 7) is 6.03. The molecule has 0 amide bonds. The first kappa shape index (κ1) is 15.1. The van der Waals surface area contributed by atoms with Crippen molar-refractivity contribution in [2.24, 2.45) is 0 Å². The van der Waals surface area contributed by atoms with Crippen molar-refractivity contribution in [3.05, 3.63) is 46.2 Å². The van der Waals surface area contributed by atoms with E-state index >= 15 is 0 Å². The Morgan fingerprint density at radius 1 is 1.25 bits per heavy atom. The Balaban J connectivity index is 2.30. The molecule has 0 unspecified atom stereocenters. The second kappa shape index (κ2) is 5.26. The Bertz CT molecular complexity index is 715. The van der Waals surface area contributed by atoms with Crippen molar-refractivity contribution in [1.29, 1.82) is 0 Å². The van der Waals surface area contributed by atoms with Crippen molar-refractivity contribution in [2.45, 2.75) is 36.8 Å². The lowest BCUT2D eigenvalue weighted by molar-refractivity contribution is 0.563. The molecule has 0 aliphatic carbocycles. The minimum atomic E-state index is -3.70. The Morgan fingerprint density at radius 3 is 2.45 bits per heavy atom. The third-order valence-electron chi connectivity index (χ3n) is 2.81. The van der Waals surface area contributed by atoms with Crippen molar-refractivity contribution in [2.75, 3.05) is 0 Å². The molecule has 2 aromatic rings. The van der Waals surface area contributed by atoms with Crippen LogP contribution in [0.2, 0.25) is 0 Å². The fourth-order valence-electron chi connectivity index (χ4n) is 1.66. The van der Waals surface area contributed by atoms with Gasteiger partial charge in [0.25, 0.3) is 0 Å². The van der Waals surface area contributed by atoms with E-state index in [-0.39, 0.29) is 16.1 Å². The SMILES string of the molecule is CC(C)(C)c1csc(CS(=O)(=O)c2ccccc2F)n1. The van der Waals surface area contributed by atoms with Crippen molar-refractivity contribution in [1.82, 2.24) is 4.98 Å². The standard InChI is InChI=1S/C14H16FNO2S2/c1-14(2,3)12-8-19-13(16-12)9-20(17,18)11-7-5-4-6-10(11)15/h4-8H,9H2,1-3H3. The van der Waals surface area contributed by atoms with Crippen LogP contribution in [0, 0.1) is 5.82 Å². The van der Waals surface area contributed by atoms with E-state index in [0.717, 1.165) is 11.8 Å². The number of hydrogen-bond acceptors (Lipinski definition) is 4. The first-order valence-corrected chi connectivity index (χ1v) is 8.65. The highest BCUT2D eigenvalue weighted by molar-refractivity contribution is 7.90. The molecule has 0 aliphatic heterocycles. The summed E-state index contributed by atoms with van der Waals surface area (Å²) < 4.78 is 38.0. The summed E-state index contributed by atoms with van der Waals surface area (Å²) in [5, 5.41) is 2.34. The molecule has 0 aliphatic rings. The maximum atomic E-state index is 13.6. The van der Waals surface area contributed by atoms with Gasteiger partial charge in [0.2, 0.25) is 0 Å². The number of sulfone groups is 1. The monoisotopic (exact) mass is 313 g/mol. The van der Waals surface area contributed by atoms with Gasteiger partial charge in [-0.05, 0) is 12.1 Å². The van der Waals surface area contributed by atoms with Crippen LogP contribution in [0.1, 0.15) is 31.5 Å². The van der Waals surface area contributed by atoms with E-state index in [1.165, 1.54) is 29.5 Å². The first-order valence-electron chi connectivity index (χ1n) is 6.12. The summed E-state index contributed by atoms with van der Waals surface area (Å²) in [5.41, 5.74) is 0.720. The van der Waals surface area contributed by atoms with Crippen LogP contribution in [0.3, 0.4) is 0 Å². The lowest BCUT2D eigenvalue weighted by Gasteiger charge is -2.14. The van der Waals surface area contributed by atoms with Gasteiger partial charge in [-0.1, -0.05) is 32.9 Å². The van der Waals surface area contributed by atoms with Gasteiger partial charge >= 0.3 is 0 Å². The van der Waals surface area contributed by atoms with Crippen LogP contribution in [0.5, 0.6) is 0 Å². The highest BCUT2D eigenvalue weighted by Gasteiger charge is 2.23. The molecule has 6 heteroatoms. The number of hydrogen-bond donors (Lipinski definition) is 0. The number of rotatable bonds is 3. The molecule has 0 N–H and O–H groups in total. The van der Waals surface area contributed by atoms with E-state index in [2.05, 4.69) is 4.98 Å². The molecule has 20 heavy (non-hydrogen) atoms. The third-order valence-corrected chi connectivity index (χ3v) is 5.49. The maximum Gasteiger partial charge on any atom is 0.187 e. The fraction of sp³-hybridized carbons (Fsp3) is 0.357. The highest BCUT2D eigenvalue weighted by atomic mass is 32.2. The predicted octanol–water partition coefficient (Wildman–Crippen LogP) is 3.55. The largest absolute Gasteiger partial charge is 0.245 e. The minimum absolute atomic E-state index is 0.128. The number of aromatic nitrogens is 1. The summed E-state index contributed by atoms with van der Waals surface area (Å²) in [4.78, 5) is 4.07. The normalized spacial score (nSPS) is 12.6. The zero-order chi connectivity index (χ0) is 15.0. The number of benzene rings is 1. The summed E-state index contributed by atoms with van der Waals surface area (Å²) in [6, 6.07) is 5.41. The van der Waals surface area contributed by atoms with Gasteiger partial charge in [0.15, 0.2) is 9.84 Å². The fourth-order valence-corrected chi connectivity index (χ4v) is 4.40. The molecule has 0 fully saturated rings. The average Bonchev–Trinajstić information content (AvgIpc) is 2.76. The number of halogens is 1. The molecule has 0 atom stereocenters. The van der Waals surface area contributed by atoms with Gasteiger partial charge in [0.05, 0.1) is 5.69 Å². The summed E-state index contributed by atoms with van der Waals surface area (Å²) in [7, 11) is -3.70. The highest BCUT2D eigenvalue weighted by Crippen LogP contribution is 2.26. The molecule has 0 bridgehead atoms. The zero-order valence-corrected chi connectivity index (χ0v) is 13.2. The predicted molar refractivity (Wildman–Crippen MR) is 78.1 cm³/mol. The maximum absolute atomic E-state index is 13.6. The van der Waals surface area contributed by atoms with Gasteiger partial charge in [-0.3, -0.25) is 0 Å². The number of nitrogens with zero attached hydrogens (tertiary/aromatic N) is 1. The van der Waals surface area contributed by atoms with Gasteiger partial charge in [-0.2, -0.15) is 0 Å². The van der Waals surface area contributed by atoms with E-state index in [4.69, 9.17) is 0 Å². The quantitative estimate of drug-likeness (QED) is 0.870. The van der Waals surface area contributed by atoms with Crippen LogP contribution in [-0.2, 0) is 21.0 Å². The van der Waals surface area contributed by atoms with Crippen LogP contribution in [0.4, 0.5) is 4.39 Å². The van der Waals surface area contributed by atoms with Crippen molar-refractivity contribution < 1.29 is 12.8 Å². The van der Waals surface area contributed by atoms with Crippen LogP contribution < -0.4 is 0 Å². The summed E-state index contributed by atoms with van der Waals surface area (Å²) in [6.07, 6.45) is 0. The molecule has 0 radical (unpaired) electrons. The molecule has 3 nitrogen and oxygen atoms in total.